The average Bonchev–Trinajstić information content (AvgIpc) is 3.11. The molecule has 28 heavy (non-hydrogen) atoms. The molecule has 0 N–H and O–H groups in total. The molecule has 0 atom stereocenters. The van der Waals surface area contributed by atoms with Crippen molar-refractivity contribution >= 4 is 28.8 Å². The number of aromatic nitrogens is 2. The molecule has 1 heterocycles. The van der Waals surface area contributed by atoms with Crippen LogP contribution in [0.1, 0.15) is 28.7 Å². The minimum Gasteiger partial charge on any atom is -0.422 e. The summed E-state index contributed by atoms with van der Waals surface area (Å²) in [6, 6.07) is 26.6. The second-order valence-corrected chi connectivity index (χ2v) is 6.33. The zero-order valence-corrected chi connectivity index (χ0v) is 15.6. The third-order valence-electron chi connectivity index (χ3n) is 4.53. The molecule has 0 aliphatic carbocycles. The smallest absolute Gasteiger partial charge is 0.343 e. The van der Waals surface area contributed by atoms with Crippen molar-refractivity contribution < 1.29 is 9.53 Å². The van der Waals surface area contributed by atoms with Gasteiger partial charge in [0, 0.05) is 18.2 Å². The second-order valence-electron chi connectivity index (χ2n) is 6.33. The quantitative estimate of drug-likeness (QED) is 0.349. The summed E-state index contributed by atoms with van der Waals surface area (Å²) in [6.45, 7) is 2.84. The number of ether oxygens (including phenoxy) is 1. The molecule has 0 fully saturated rings. The number of imidazole rings is 1. The van der Waals surface area contributed by atoms with Gasteiger partial charge in [-0.25, -0.2) is 9.78 Å². The van der Waals surface area contributed by atoms with Crippen molar-refractivity contribution in [3.8, 4) is 0 Å². The summed E-state index contributed by atoms with van der Waals surface area (Å²) in [5.41, 5.74) is 3.30. The molecule has 0 amide bonds. The molecular formula is C24H20N2O2. The Morgan fingerprint density at radius 1 is 0.893 bits per heavy atom. The Morgan fingerprint density at radius 2 is 1.50 bits per heavy atom. The van der Waals surface area contributed by atoms with Crippen LogP contribution in [0.25, 0.3) is 22.9 Å². The fourth-order valence-electron chi connectivity index (χ4n) is 3.16. The number of esters is 1. The SMILES string of the molecule is CCn1c(C=C(OC(=O)c2ccccc2)c2ccccc2)nc2ccccc21. The van der Waals surface area contributed by atoms with Crippen molar-refractivity contribution in [2.45, 2.75) is 13.5 Å². The van der Waals surface area contributed by atoms with Crippen LogP contribution in [0.5, 0.6) is 0 Å². The van der Waals surface area contributed by atoms with E-state index in [1.54, 1.807) is 12.1 Å². The topological polar surface area (TPSA) is 44.1 Å². The minimum absolute atomic E-state index is 0.394. The van der Waals surface area contributed by atoms with Crippen LogP contribution >= 0.6 is 0 Å². The number of nitrogens with zero attached hydrogens (tertiary/aromatic N) is 2. The standard InChI is InChI=1S/C24H20N2O2/c1-2-26-21-16-10-9-15-20(21)25-23(26)17-22(18-11-5-3-6-12-18)28-24(27)19-13-7-4-8-14-19/h3-17H,2H2,1H3. The maximum atomic E-state index is 12.7. The third kappa shape index (κ3) is 3.58. The van der Waals surface area contributed by atoms with Crippen molar-refractivity contribution in [3.63, 3.8) is 0 Å². The van der Waals surface area contributed by atoms with E-state index in [1.165, 1.54) is 0 Å². The number of carbonyl (C=O) groups is 1. The number of rotatable bonds is 5. The Hall–Kier alpha value is -3.66. The van der Waals surface area contributed by atoms with Gasteiger partial charge in [-0.1, -0.05) is 60.7 Å². The first-order valence-electron chi connectivity index (χ1n) is 9.26. The summed E-state index contributed by atoms with van der Waals surface area (Å²) in [5.74, 6) is 0.831. The van der Waals surface area contributed by atoms with Gasteiger partial charge >= 0.3 is 5.97 Å². The van der Waals surface area contributed by atoms with Crippen molar-refractivity contribution in [3.05, 3.63) is 102 Å². The molecular weight excluding hydrogens is 348 g/mol. The predicted molar refractivity (Wildman–Crippen MR) is 112 cm³/mol. The van der Waals surface area contributed by atoms with E-state index >= 15 is 0 Å². The lowest BCUT2D eigenvalue weighted by atomic mass is 10.1. The van der Waals surface area contributed by atoms with E-state index in [0.717, 1.165) is 29.0 Å². The Balaban J connectivity index is 1.79. The van der Waals surface area contributed by atoms with Gasteiger partial charge in [-0.05, 0) is 31.2 Å². The molecule has 4 rings (SSSR count). The molecule has 4 nitrogen and oxygen atoms in total. The molecule has 0 radical (unpaired) electrons. The first kappa shape index (κ1) is 17.7. The van der Waals surface area contributed by atoms with E-state index in [2.05, 4.69) is 11.5 Å². The number of para-hydroxylation sites is 2. The number of hydrogen-bond donors (Lipinski definition) is 0. The van der Waals surface area contributed by atoms with Gasteiger partial charge in [0.1, 0.15) is 11.6 Å². The molecule has 0 saturated heterocycles. The fourth-order valence-corrected chi connectivity index (χ4v) is 3.16. The van der Waals surface area contributed by atoms with Crippen LogP contribution in [0, 0.1) is 0 Å². The Morgan fingerprint density at radius 3 is 2.18 bits per heavy atom. The van der Waals surface area contributed by atoms with Crippen LogP contribution in [0.3, 0.4) is 0 Å². The highest BCUT2D eigenvalue weighted by Crippen LogP contribution is 2.24. The lowest BCUT2D eigenvalue weighted by Crippen LogP contribution is -2.05. The maximum Gasteiger partial charge on any atom is 0.343 e. The summed E-state index contributed by atoms with van der Waals surface area (Å²) in [4.78, 5) is 17.4. The molecule has 1 aromatic heterocycles. The molecule has 0 aliphatic rings. The zero-order valence-electron chi connectivity index (χ0n) is 15.6. The maximum absolute atomic E-state index is 12.7. The number of hydrogen-bond acceptors (Lipinski definition) is 3. The second kappa shape index (κ2) is 7.92. The van der Waals surface area contributed by atoms with Crippen LogP contribution in [0.4, 0.5) is 0 Å². The summed E-state index contributed by atoms with van der Waals surface area (Å²) >= 11 is 0. The predicted octanol–water partition coefficient (Wildman–Crippen LogP) is 5.41. The van der Waals surface area contributed by atoms with E-state index in [1.807, 2.05) is 78.9 Å². The monoisotopic (exact) mass is 368 g/mol. The molecule has 3 aromatic carbocycles. The molecule has 0 bridgehead atoms. The van der Waals surface area contributed by atoms with Gasteiger partial charge in [-0.2, -0.15) is 0 Å². The highest BCUT2D eigenvalue weighted by molar-refractivity contribution is 5.95. The van der Waals surface area contributed by atoms with Crippen LogP contribution in [-0.2, 0) is 11.3 Å². The summed E-state index contributed by atoms with van der Waals surface area (Å²) < 4.78 is 7.90. The minimum atomic E-state index is -0.394. The van der Waals surface area contributed by atoms with Gasteiger partial charge in [0.15, 0.2) is 0 Å². The number of benzene rings is 3. The first-order valence-corrected chi connectivity index (χ1v) is 9.26. The lowest BCUT2D eigenvalue weighted by Gasteiger charge is -2.10. The van der Waals surface area contributed by atoms with Gasteiger partial charge < -0.3 is 9.30 Å². The number of carbonyl (C=O) groups excluding carboxylic acids is 1. The van der Waals surface area contributed by atoms with Crippen LogP contribution in [0.15, 0.2) is 84.9 Å². The summed E-state index contributed by atoms with van der Waals surface area (Å²) in [7, 11) is 0. The summed E-state index contributed by atoms with van der Waals surface area (Å²) in [5, 5.41) is 0. The van der Waals surface area contributed by atoms with Crippen LogP contribution < -0.4 is 0 Å². The molecule has 138 valence electrons. The van der Waals surface area contributed by atoms with E-state index in [0.29, 0.717) is 11.3 Å². The van der Waals surface area contributed by atoms with Gasteiger partial charge in [0.2, 0.25) is 0 Å². The Bertz CT molecular complexity index is 1130. The zero-order chi connectivity index (χ0) is 19.3. The van der Waals surface area contributed by atoms with Crippen molar-refractivity contribution in [2.75, 3.05) is 0 Å². The molecule has 4 heteroatoms. The number of aryl methyl sites for hydroxylation is 1. The number of fused-ring (bicyclic) bond motifs is 1. The average molecular weight is 368 g/mol. The van der Waals surface area contributed by atoms with Gasteiger partial charge in [-0.15, -0.1) is 0 Å². The van der Waals surface area contributed by atoms with E-state index in [9.17, 15) is 4.79 Å². The molecule has 4 aromatic rings. The third-order valence-corrected chi connectivity index (χ3v) is 4.53. The van der Waals surface area contributed by atoms with Gasteiger partial charge in [0.05, 0.1) is 16.6 Å². The lowest BCUT2D eigenvalue weighted by molar-refractivity contribution is 0.0693. The highest BCUT2D eigenvalue weighted by atomic mass is 16.5. The summed E-state index contributed by atoms with van der Waals surface area (Å²) in [6.07, 6.45) is 1.83. The fraction of sp³-hybridized carbons (Fsp3) is 0.0833. The van der Waals surface area contributed by atoms with Crippen molar-refractivity contribution in [1.82, 2.24) is 9.55 Å². The molecule has 0 saturated carbocycles. The normalized spacial score (nSPS) is 11.5. The highest BCUT2D eigenvalue weighted by Gasteiger charge is 2.14. The van der Waals surface area contributed by atoms with Gasteiger partial charge in [-0.3, -0.25) is 0 Å². The van der Waals surface area contributed by atoms with Crippen LogP contribution in [0.2, 0.25) is 0 Å². The van der Waals surface area contributed by atoms with Crippen LogP contribution in [-0.4, -0.2) is 15.5 Å². The van der Waals surface area contributed by atoms with E-state index in [4.69, 9.17) is 9.72 Å². The van der Waals surface area contributed by atoms with Gasteiger partial charge in [0.25, 0.3) is 0 Å². The van der Waals surface area contributed by atoms with E-state index < -0.39 is 5.97 Å². The van der Waals surface area contributed by atoms with Crippen molar-refractivity contribution in [1.29, 1.82) is 0 Å². The largest absolute Gasteiger partial charge is 0.422 e. The molecule has 0 spiro atoms. The van der Waals surface area contributed by atoms with E-state index in [-0.39, 0.29) is 0 Å². The molecule has 0 aliphatic heterocycles. The molecule has 0 unspecified atom stereocenters. The first-order chi connectivity index (χ1) is 13.8. The Kier molecular flexibility index (Phi) is 5.02. The van der Waals surface area contributed by atoms with Crippen molar-refractivity contribution in [2.24, 2.45) is 0 Å². The Labute approximate surface area is 163 Å².